The van der Waals surface area contributed by atoms with Crippen molar-refractivity contribution in [1.82, 2.24) is 19.5 Å². The number of nitrogens with one attached hydrogen (secondary N) is 1. The van der Waals surface area contributed by atoms with E-state index in [4.69, 9.17) is 0 Å². The van der Waals surface area contributed by atoms with Crippen LogP contribution in [0.2, 0.25) is 0 Å². The van der Waals surface area contributed by atoms with E-state index < -0.39 is 10.6 Å². The molecule has 3 rings (SSSR count). The van der Waals surface area contributed by atoms with E-state index in [0.717, 1.165) is 11.0 Å². The minimum Gasteiger partial charge on any atom is -0.371 e. The van der Waals surface area contributed by atoms with Crippen molar-refractivity contribution in [2.75, 3.05) is 18.6 Å². The number of pyridine rings is 1. The number of rotatable bonds is 2. The van der Waals surface area contributed by atoms with Crippen molar-refractivity contribution in [2.24, 2.45) is 7.05 Å². The summed E-state index contributed by atoms with van der Waals surface area (Å²) in [5, 5.41) is 3.00. The molecule has 0 aromatic carbocycles. The lowest BCUT2D eigenvalue weighted by molar-refractivity contribution is 0.494. The summed E-state index contributed by atoms with van der Waals surface area (Å²) in [6.45, 7) is 0. The molecule has 0 bridgehead atoms. The molecule has 19 heavy (non-hydrogen) atoms. The second kappa shape index (κ2) is 4.04. The first kappa shape index (κ1) is 12.6. The van der Waals surface area contributed by atoms with Gasteiger partial charge in [-0.3, -0.25) is 9.11 Å². The highest BCUT2D eigenvalue weighted by Gasteiger charge is 2.20. The number of anilines is 1. The minimum atomic E-state index is -2.83. The predicted molar refractivity (Wildman–Crippen MR) is 78.3 cm³/mol. The predicted octanol–water partition coefficient (Wildman–Crippen LogP) is 2.36. The molecule has 0 unspecified atom stereocenters. The van der Waals surface area contributed by atoms with Crippen LogP contribution in [0.1, 0.15) is 0 Å². The molecule has 0 amide bonds. The number of hydrogen-bond acceptors (Lipinski definition) is 7. The van der Waals surface area contributed by atoms with Crippen LogP contribution < -0.4 is 5.32 Å². The molecule has 3 aromatic heterocycles. The molecule has 3 N–H and O–H groups in total. The molecule has 102 valence electrons. The summed E-state index contributed by atoms with van der Waals surface area (Å²) in [5.74, 6) is 0.658. The molecular weight excluding hydrogens is 286 g/mol. The van der Waals surface area contributed by atoms with Crippen molar-refractivity contribution in [3.8, 4) is 0 Å². The molecule has 0 aliphatic carbocycles. The summed E-state index contributed by atoms with van der Waals surface area (Å²) in [5.41, 5.74) is 2.21. The lowest BCUT2D eigenvalue weighted by atomic mass is 10.3. The zero-order valence-electron chi connectivity index (χ0n) is 10.6. The van der Waals surface area contributed by atoms with Crippen LogP contribution >= 0.6 is 21.9 Å². The average molecular weight is 299 g/mol. The van der Waals surface area contributed by atoms with Crippen LogP contribution in [0.5, 0.6) is 0 Å². The van der Waals surface area contributed by atoms with Crippen LogP contribution in [-0.4, -0.2) is 41.9 Å². The van der Waals surface area contributed by atoms with Crippen LogP contribution in [-0.2, 0) is 7.05 Å². The molecule has 0 fully saturated rings. The van der Waals surface area contributed by atoms with Crippen LogP contribution in [0.25, 0.3) is 21.4 Å². The Hall–Kier alpha value is -1.42. The number of imidazole rings is 1. The lowest BCUT2D eigenvalue weighted by Gasteiger charge is -2.22. The molecule has 0 atom stereocenters. The zero-order chi connectivity index (χ0) is 13.8. The maximum atomic E-state index is 9.73. The maximum absolute atomic E-state index is 9.73. The monoisotopic (exact) mass is 299 g/mol. The van der Waals surface area contributed by atoms with Gasteiger partial charge in [-0.1, -0.05) is 11.3 Å². The molecule has 0 saturated heterocycles. The van der Waals surface area contributed by atoms with Crippen molar-refractivity contribution in [1.29, 1.82) is 0 Å². The summed E-state index contributed by atoms with van der Waals surface area (Å²) < 4.78 is 21.6. The first-order valence-electron chi connectivity index (χ1n) is 5.44. The van der Waals surface area contributed by atoms with Gasteiger partial charge in [0.1, 0.15) is 21.4 Å². The summed E-state index contributed by atoms with van der Waals surface area (Å²) >= 11 is 1.19. The molecule has 0 spiro atoms. The van der Waals surface area contributed by atoms with Gasteiger partial charge < -0.3 is 9.88 Å². The van der Waals surface area contributed by atoms with E-state index in [1.165, 1.54) is 17.6 Å². The standard InChI is InChI=1S/C10H13N5O2S2/c1-11-8-5-7(15(2)4-12-5)6-9(14-8)18-10(13-6)19(3,16)17/h4,16-17H,1-3H3,(H,11,14). The Morgan fingerprint density at radius 3 is 2.68 bits per heavy atom. The van der Waals surface area contributed by atoms with Crippen molar-refractivity contribution in [3.63, 3.8) is 0 Å². The van der Waals surface area contributed by atoms with Gasteiger partial charge in [0.2, 0.25) is 4.34 Å². The van der Waals surface area contributed by atoms with E-state index in [0.29, 0.717) is 20.5 Å². The summed E-state index contributed by atoms with van der Waals surface area (Å²) in [6.07, 6.45) is 3.06. The van der Waals surface area contributed by atoms with E-state index in [9.17, 15) is 9.11 Å². The van der Waals surface area contributed by atoms with Gasteiger partial charge in [0.05, 0.1) is 6.33 Å². The third-order valence-corrected chi connectivity index (χ3v) is 5.45. The zero-order valence-corrected chi connectivity index (χ0v) is 12.2. The summed E-state index contributed by atoms with van der Waals surface area (Å²) in [7, 11) is 0.816. The Morgan fingerprint density at radius 1 is 1.32 bits per heavy atom. The Kier molecular flexibility index (Phi) is 2.68. The van der Waals surface area contributed by atoms with Crippen LogP contribution in [0.4, 0.5) is 5.82 Å². The van der Waals surface area contributed by atoms with Crippen molar-refractivity contribution in [3.05, 3.63) is 6.33 Å². The van der Waals surface area contributed by atoms with Gasteiger partial charge >= 0.3 is 0 Å². The van der Waals surface area contributed by atoms with Gasteiger partial charge in [-0.05, 0) is 0 Å². The molecule has 0 radical (unpaired) electrons. The Bertz CT molecular complexity index is 773. The SMILES string of the molecule is CNc1nc2sc(S(C)(O)O)nc2c2c1ncn2C. The van der Waals surface area contributed by atoms with Crippen molar-refractivity contribution < 1.29 is 9.11 Å². The fourth-order valence-corrected chi connectivity index (χ4v) is 3.71. The largest absolute Gasteiger partial charge is 0.371 e. The molecule has 9 heteroatoms. The third-order valence-electron chi connectivity index (χ3n) is 2.76. The van der Waals surface area contributed by atoms with Gasteiger partial charge in [-0.25, -0.2) is 15.0 Å². The smallest absolute Gasteiger partial charge is 0.204 e. The molecule has 0 aliphatic heterocycles. The lowest BCUT2D eigenvalue weighted by Crippen LogP contribution is -1.95. The van der Waals surface area contributed by atoms with E-state index in [2.05, 4.69) is 20.3 Å². The number of aryl methyl sites for hydroxylation is 1. The Morgan fingerprint density at radius 2 is 2.05 bits per heavy atom. The number of aromatic nitrogens is 4. The molecule has 0 aliphatic rings. The average Bonchev–Trinajstić information content (AvgIpc) is 2.90. The first-order valence-corrected chi connectivity index (χ1v) is 8.21. The van der Waals surface area contributed by atoms with Crippen molar-refractivity contribution in [2.45, 2.75) is 4.34 Å². The second-order valence-corrected chi connectivity index (χ2v) is 7.52. The summed E-state index contributed by atoms with van der Waals surface area (Å²) in [4.78, 5) is 13.7. The molecular formula is C10H13N5O2S2. The van der Waals surface area contributed by atoms with Crippen molar-refractivity contribution >= 4 is 49.1 Å². The second-order valence-electron chi connectivity index (χ2n) is 4.23. The quantitative estimate of drug-likeness (QED) is 0.672. The molecule has 7 nitrogen and oxygen atoms in total. The minimum absolute atomic E-state index is 0.297. The first-order chi connectivity index (χ1) is 8.91. The Labute approximate surface area is 114 Å². The number of nitrogens with zero attached hydrogens (tertiary/aromatic N) is 4. The van der Waals surface area contributed by atoms with E-state index in [-0.39, 0.29) is 0 Å². The highest BCUT2D eigenvalue weighted by molar-refractivity contribution is 8.24. The van der Waals surface area contributed by atoms with Crippen LogP contribution in [0.15, 0.2) is 10.7 Å². The number of thiazole rings is 1. The normalized spacial score (nSPS) is 13.3. The fourth-order valence-electron chi connectivity index (χ4n) is 1.90. The molecule has 0 saturated carbocycles. The fraction of sp³-hybridized carbons (Fsp3) is 0.300. The van der Waals surface area contributed by atoms with Crippen LogP contribution in [0, 0.1) is 0 Å². The Balaban J connectivity index is 2.44. The number of fused-ring (bicyclic) bond motifs is 3. The highest BCUT2D eigenvalue weighted by Crippen LogP contribution is 2.48. The van der Waals surface area contributed by atoms with Gasteiger partial charge in [0.25, 0.3) is 0 Å². The topological polar surface area (TPSA) is 96.1 Å². The van der Waals surface area contributed by atoms with Crippen LogP contribution in [0.3, 0.4) is 0 Å². The summed E-state index contributed by atoms with van der Waals surface area (Å²) in [6, 6.07) is 0. The molecule has 3 heterocycles. The van der Waals surface area contributed by atoms with E-state index in [1.807, 2.05) is 11.6 Å². The van der Waals surface area contributed by atoms with Gasteiger partial charge in [0, 0.05) is 20.4 Å². The van der Waals surface area contributed by atoms with Gasteiger partial charge in [-0.2, -0.15) is 0 Å². The molecule has 3 aromatic rings. The van der Waals surface area contributed by atoms with E-state index in [1.54, 1.807) is 13.4 Å². The third kappa shape index (κ3) is 1.86. The van der Waals surface area contributed by atoms with E-state index >= 15 is 0 Å². The van der Waals surface area contributed by atoms with Gasteiger partial charge in [0.15, 0.2) is 5.82 Å². The van der Waals surface area contributed by atoms with Gasteiger partial charge in [-0.15, -0.1) is 10.6 Å². The maximum Gasteiger partial charge on any atom is 0.204 e. The highest BCUT2D eigenvalue weighted by atomic mass is 32.3. The number of hydrogen-bond donors (Lipinski definition) is 3.